The Morgan fingerprint density at radius 2 is 1.95 bits per heavy atom. The fraction of sp³-hybridized carbons (Fsp3) is 0.800. The Bertz CT molecular complexity index is 372. The number of piperidine rings is 1. The van der Waals surface area contributed by atoms with Crippen molar-refractivity contribution in [3.05, 3.63) is 11.8 Å². The van der Waals surface area contributed by atoms with Gasteiger partial charge in [0.2, 0.25) is 0 Å². The van der Waals surface area contributed by atoms with Crippen LogP contribution in [-0.4, -0.2) is 47.6 Å². The van der Waals surface area contributed by atoms with Gasteiger partial charge >= 0.3 is 0 Å². The van der Waals surface area contributed by atoms with Crippen LogP contribution in [0.2, 0.25) is 0 Å². The second-order valence-corrected chi connectivity index (χ2v) is 6.08. The number of fused-ring (bicyclic) bond motifs is 1. The highest BCUT2D eigenvalue weighted by molar-refractivity contribution is 5.98. The topological polar surface area (TPSA) is 49.8 Å². The maximum atomic E-state index is 12.5. The van der Waals surface area contributed by atoms with E-state index in [2.05, 4.69) is 4.90 Å². The van der Waals surface area contributed by atoms with Crippen molar-refractivity contribution in [2.45, 2.75) is 50.7 Å². The van der Waals surface area contributed by atoms with E-state index in [4.69, 9.17) is 4.74 Å². The number of aliphatic hydroxyl groups excluding tert-OH is 1. The molecule has 2 fully saturated rings. The van der Waals surface area contributed by atoms with E-state index in [0.717, 1.165) is 50.8 Å². The lowest BCUT2D eigenvalue weighted by Gasteiger charge is -2.36. The molecule has 4 heteroatoms. The highest BCUT2D eigenvalue weighted by atomic mass is 16.5. The molecule has 0 amide bonds. The number of nitrogens with zero attached hydrogens (tertiary/aromatic N) is 1. The molecule has 1 saturated carbocycles. The highest BCUT2D eigenvalue weighted by Crippen LogP contribution is 2.33. The van der Waals surface area contributed by atoms with Crippen LogP contribution in [-0.2, 0) is 9.53 Å². The molecule has 3 aliphatic rings. The van der Waals surface area contributed by atoms with E-state index in [0.29, 0.717) is 12.3 Å². The molecule has 0 spiro atoms. The minimum Gasteiger partial charge on any atom is -0.497 e. The Balaban J connectivity index is 1.61. The van der Waals surface area contributed by atoms with Crippen LogP contribution in [0, 0.1) is 5.92 Å². The lowest BCUT2D eigenvalue weighted by molar-refractivity contribution is -0.127. The average Bonchev–Trinajstić information content (AvgIpc) is 2.45. The molecular formula is C15H23NO3. The van der Waals surface area contributed by atoms with E-state index in [1.807, 2.05) is 0 Å². The van der Waals surface area contributed by atoms with Gasteiger partial charge in [0.25, 0.3) is 0 Å². The maximum Gasteiger partial charge on any atom is 0.170 e. The first-order chi connectivity index (χ1) is 9.24. The Morgan fingerprint density at radius 3 is 2.74 bits per heavy atom. The summed E-state index contributed by atoms with van der Waals surface area (Å²) in [4.78, 5) is 14.7. The first-order valence-corrected chi connectivity index (χ1v) is 7.53. The summed E-state index contributed by atoms with van der Waals surface area (Å²) in [6, 6.07) is 0. The van der Waals surface area contributed by atoms with Crippen LogP contribution in [0.25, 0.3) is 0 Å². The van der Waals surface area contributed by atoms with Crippen LogP contribution >= 0.6 is 0 Å². The number of ether oxygens (including phenoxy) is 1. The predicted octanol–water partition coefficient (Wildman–Crippen LogP) is 1.49. The molecule has 0 aromatic rings. The van der Waals surface area contributed by atoms with Gasteiger partial charge in [0.05, 0.1) is 18.3 Å². The van der Waals surface area contributed by atoms with Crippen molar-refractivity contribution in [3.63, 3.8) is 0 Å². The van der Waals surface area contributed by atoms with Crippen molar-refractivity contribution >= 4 is 5.78 Å². The van der Waals surface area contributed by atoms with Gasteiger partial charge in [-0.1, -0.05) is 6.42 Å². The van der Waals surface area contributed by atoms with Crippen molar-refractivity contribution in [3.8, 4) is 0 Å². The normalized spacial score (nSPS) is 33.5. The van der Waals surface area contributed by atoms with Crippen molar-refractivity contribution in [2.24, 2.45) is 5.92 Å². The third-order valence-electron chi connectivity index (χ3n) is 4.69. The average molecular weight is 265 g/mol. The predicted molar refractivity (Wildman–Crippen MR) is 71.6 cm³/mol. The zero-order valence-corrected chi connectivity index (χ0v) is 11.4. The van der Waals surface area contributed by atoms with Crippen LogP contribution < -0.4 is 0 Å². The molecule has 1 aliphatic carbocycles. The summed E-state index contributed by atoms with van der Waals surface area (Å²) in [5.41, 5.74) is 0.833. The van der Waals surface area contributed by atoms with E-state index >= 15 is 0 Å². The number of likely N-dealkylation sites (tertiary alicyclic amines) is 1. The Labute approximate surface area is 114 Å². The van der Waals surface area contributed by atoms with Crippen LogP contribution in [0.4, 0.5) is 0 Å². The van der Waals surface area contributed by atoms with E-state index in [1.54, 1.807) is 6.26 Å². The standard InChI is InChI=1S/C15H23NO3/c17-12-5-7-16(8-6-12)9-11-10-19-14-4-2-1-3-13(14)15(11)18/h10,12-14,17H,1-9H2. The van der Waals surface area contributed by atoms with Crippen molar-refractivity contribution in [1.29, 1.82) is 0 Å². The first-order valence-electron chi connectivity index (χ1n) is 7.53. The van der Waals surface area contributed by atoms with Gasteiger partial charge in [0.15, 0.2) is 5.78 Å². The van der Waals surface area contributed by atoms with E-state index in [9.17, 15) is 9.90 Å². The highest BCUT2D eigenvalue weighted by Gasteiger charge is 2.37. The number of hydrogen-bond acceptors (Lipinski definition) is 4. The quantitative estimate of drug-likeness (QED) is 0.822. The molecule has 0 aromatic heterocycles. The maximum absolute atomic E-state index is 12.5. The van der Waals surface area contributed by atoms with Gasteiger partial charge in [-0.2, -0.15) is 0 Å². The molecule has 1 saturated heterocycles. The summed E-state index contributed by atoms with van der Waals surface area (Å²) in [7, 11) is 0. The lowest BCUT2D eigenvalue weighted by atomic mass is 9.80. The molecule has 2 atom stereocenters. The first kappa shape index (κ1) is 13.1. The monoisotopic (exact) mass is 265 g/mol. The third-order valence-corrected chi connectivity index (χ3v) is 4.69. The Morgan fingerprint density at radius 1 is 1.21 bits per heavy atom. The molecule has 0 aromatic carbocycles. The van der Waals surface area contributed by atoms with Gasteiger partial charge in [-0.25, -0.2) is 0 Å². The SMILES string of the molecule is O=C1C(CN2CCC(O)CC2)=COC2CCCCC12. The molecule has 19 heavy (non-hydrogen) atoms. The third kappa shape index (κ3) is 2.84. The number of carbonyl (C=O) groups excluding carboxylic acids is 1. The summed E-state index contributed by atoms with van der Waals surface area (Å²) in [6.07, 6.45) is 7.65. The fourth-order valence-electron chi connectivity index (χ4n) is 3.46. The van der Waals surface area contributed by atoms with E-state index < -0.39 is 0 Å². The van der Waals surface area contributed by atoms with Crippen LogP contribution in [0.3, 0.4) is 0 Å². The van der Waals surface area contributed by atoms with E-state index in [1.165, 1.54) is 6.42 Å². The second-order valence-electron chi connectivity index (χ2n) is 6.08. The molecule has 2 heterocycles. The molecule has 0 bridgehead atoms. The van der Waals surface area contributed by atoms with Crippen molar-refractivity contribution in [2.75, 3.05) is 19.6 Å². The molecule has 4 nitrogen and oxygen atoms in total. The molecule has 2 aliphatic heterocycles. The zero-order chi connectivity index (χ0) is 13.2. The summed E-state index contributed by atoms with van der Waals surface area (Å²) in [5, 5.41) is 9.51. The molecule has 1 N–H and O–H groups in total. The summed E-state index contributed by atoms with van der Waals surface area (Å²) in [6.45, 7) is 2.44. The van der Waals surface area contributed by atoms with Crippen LogP contribution in [0.5, 0.6) is 0 Å². The van der Waals surface area contributed by atoms with Crippen LogP contribution in [0.15, 0.2) is 11.8 Å². The number of ketones is 1. The number of Topliss-reactive ketones (excluding diaryl/α,β-unsaturated/α-hetero) is 1. The summed E-state index contributed by atoms with van der Waals surface area (Å²) >= 11 is 0. The molecule has 0 radical (unpaired) electrons. The number of carbonyl (C=O) groups is 1. The molecule has 3 rings (SSSR count). The molecule has 106 valence electrons. The zero-order valence-electron chi connectivity index (χ0n) is 11.4. The number of aliphatic hydroxyl groups is 1. The van der Waals surface area contributed by atoms with E-state index in [-0.39, 0.29) is 18.1 Å². The van der Waals surface area contributed by atoms with Gasteiger partial charge in [-0.3, -0.25) is 9.69 Å². The molecular weight excluding hydrogens is 242 g/mol. The van der Waals surface area contributed by atoms with Crippen molar-refractivity contribution < 1.29 is 14.6 Å². The minimum absolute atomic E-state index is 0.101. The number of rotatable bonds is 2. The Kier molecular flexibility index (Phi) is 3.89. The molecule has 2 unspecified atom stereocenters. The smallest absolute Gasteiger partial charge is 0.170 e. The minimum atomic E-state index is -0.161. The second kappa shape index (κ2) is 5.63. The van der Waals surface area contributed by atoms with Crippen LogP contribution in [0.1, 0.15) is 38.5 Å². The Hall–Kier alpha value is -0.870. The summed E-state index contributed by atoms with van der Waals surface area (Å²) in [5.74, 6) is 0.409. The van der Waals surface area contributed by atoms with Gasteiger partial charge in [0.1, 0.15) is 6.10 Å². The fourth-order valence-corrected chi connectivity index (χ4v) is 3.46. The van der Waals surface area contributed by atoms with Gasteiger partial charge in [-0.05, 0) is 32.1 Å². The lowest BCUT2D eigenvalue weighted by Crippen LogP contribution is -2.42. The number of hydrogen-bond donors (Lipinski definition) is 1. The van der Waals surface area contributed by atoms with Gasteiger partial charge in [-0.15, -0.1) is 0 Å². The largest absolute Gasteiger partial charge is 0.497 e. The summed E-state index contributed by atoms with van der Waals surface area (Å²) < 4.78 is 5.77. The van der Waals surface area contributed by atoms with Crippen molar-refractivity contribution in [1.82, 2.24) is 4.90 Å². The van der Waals surface area contributed by atoms with Gasteiger partial charge in [0, 0.05) is 25.2 Å². The van der Waals surface area contributed by atoms with Gasteiger partial charge < -0.3 is 9.84 Å².